The van der Waals surface area contributed by atoms with Gasteiger partial charge in [0.15, 0.2) is 0 Å². The molecule has 0 radical (unpaired) electrons. The van der Waals surface area contributed by atoms with Gasteiger partial charge in [0.05, 0.1) is 6.10 Å². The lowest BCUT2D eigenvalue weighted by Crippen LogP contribution is -2.30. The van der Waals surface area contributed by atoms with Crippen molar-refractivity contribution in [2.24, 2.45) is 11.7 Å². The first-order valence-corrected chi connectivity index (χ1v) is 4.02. The van der Waals surface area contributed by atoms with E-state index >= 15 is 0 Å². The molecule has 0 spiro atoms. The number of hydrogen-bond acceptors (Lipinski definition) is 2. The van der Waals surface area contributed by atoms with Crippen molar-refractivity contribution in [3.05, 3.63) is 0 Å². The van der Waals surface area contributed by atoms with E-state index in [1.807, 2.05) is 0 Å². The fourth-order valence-corrected chi connectivity index (χ4v) is 1.30. The Bertz CT molecular complexity index is 62.5. The van der Waals surface area contributed by atoms with Gasteiger partial charge in [-0.05, 0) is 5.92 Å². The molecular weight excluding hydrogens is 162 g/mol. The molecular formula is C8H20ClNO. The zero-order valence-electron chi connectivity index (χ0n) is 7.67. The number of methoxy groups -OCH3 is 1. The second-order valence-corrected chi connectivity index (χ2v) is 2.59. The molecule has 0 fully saturated rings. The molecule has 0 amide bonds. The first-order chi connectivity index (χ1) is 4.79. The quantitative estimate of drug-likeness (QED) is 0.703. The van der Waals surface area contributed by atoms with Crippen molar-refractivity contribution in [2.75, 3.05) is 13.7 Å². The maximum atomic E-state index is 5.51. The Balaban J connectivity index is 0. The molecule has 2 nitrogen and oxygen atoms in total. The van der Waals surface area contributed by atoms with Crippen molar-refractivity contribution in [3.63, 3.8) is 0 Å². The Labute approximate surface area is 75.9 Å². The third-order valence-corrected chi connectivity index (χ3v) is 2.11. The lowest BCUT2D eigenvalue weighted by atomic mass is 9.97. The molecule has 0 bridgehead atoms. The SMILES string of the molecule is CCC(CC)C(CN)OC.Cl. The summed E-state index contributed by atoms with van der Waals surface area (Å²) in [7, 11) is 1.73. The van der Waals surface area contributed by atoms with E-state index < -0.39 is 0 Å². The summed E-state index contributed by atoms with van der Waals surface area (Å²) in [5, 5.41) is 0. The third kappa shape index (κ3) is 4.62. The minimum absolute atomic E-state index is 0. The Morgan fingerprint density at radius 2 is 1.73 bits per heavy atom. The van der Waals surface area contributed by atoms with Crippen LogP contribution in [0, 0.1) is 5.92 Å². The molecule has 0 saturated heterocycles. The summed E-state index contributed by atoms with van der Waals surface area (Å²) >= 11 is 0. The van der Waals surface area contributed by atoms with Crippen LogP contribution in [0.4, 0.5) is 0 Å². The molecule has 3 heteroatoms. The molecule has 1 atom stereocenters. The Kier molecular flexibility index (Phi) is 10.4. The number of ether oxygens (including phenoxy) is 1. The van der Waals surface area contributed by atoms with Crippen LogP contribution in [-0.4, -0.2) is 19.8 Å². The maximum Gasteiger partial charge on any atom is 0.0721 e. The van der Waals surface area contributed by atoms with E-state index in [9.17, 15) is 0 Å². The highest BCUT2D eigenvalue weighted by Gasteiger charge is 2.14. The molecule has 0 aliphatic rings. The Morgan fingerprint density at radius 1 is 1.27 bits per heavy atom. The predicted octanol–water partition coefficient (Wildman–Crippen LogP) is 1.82. The molecule has 0 aliphatic carbocycles. The minimum atomic E-state index is 0. The van der Waals surface area contributed by atoms with Gasteiger partial charge in [-0.2, -0.15) is 0 Å². The van der Waals surface area contributed by atoms with Crippen molar-refractivity contribution >= 4 is 12.4 Å². The van der Waals surface area contributed by atoms with Crippen molar-refractivity contribution in [3.8, 4) is 0 Å². The summed E-state index contributed by atoms with van der Waals surface area (Å²) in [6.07, 6.45) is 2.58. The summed E-state index contributed by atoms with van der Waals surface area (Å²) < 4.78 is 5.22. The molecule has 0 rings (SSSR count). The van der Waals surface area contributed by atoms with Gasteiger partial charge in [0.1, 0.15) is 0 Å². The molecule has 11 heavy (non-hydrogen) atoms. The normalized spacial score (nSPS) is 12.8. The minimum Gasteiger partial charge on any atom is -0.380 e. The number of nitrogens with two attached hydrogens (primary N) is 1. The summed E-state index contributed by atoms with van der Waals surface area (Å²) in [5.41, 5.74) is 5.51. The fourth-order valence-electron chi connectivity index (χ4n) is 1.30. The highest BCUT2D eigenvalue weighted by Crippen LogP contribution is 2.14. The van der Waals surface area contributed by atoms with Gasteiger partial charge in [-0.25, -0.2) is 0 Å². The highest BCUT2D eigenvalue weighted by molar-refractivity contribution is 5.85. The van der Waals surface area contributed by atoms with Crippen LogP contribution in [0.3, 0.4) is 0 Å². The number of halogens is 1. The molecule has 0 aromatic rings. The average molecular weight is 182 g/mol. The monoisotopic (exact) mass is 181 g/mol. The lowest BCUT2D eigenvalue weighted by molar-refractivity contribution is 0.0555. The zero-order valence-corrected chi connectivity index (χ0v) is 8.49. The number of rotatable bonds is 5. The van der Waals surface area contributed by atoms with Gasteiger partial charge in [-0.15, -0.1) is 12.4 Å². The van der Waals surface area contributed by atoms with Crippen LogP contribution in [0.25, 0.3) is 0 Å². The topological polar surface area (TPSA) is 35.2 Å². The van der Waals surface area contributed by atoms with Crippen molar-refractivity contribution in [1.29, 1.82) is 0 Å². The first-order valence-electron chi connectivity index (χ1n) is 4.02. The molecule has 0 aromatic heterocycles. The van der Waals surface area contributed by atoms with Crippen LogP contribution in [0.15, 0.2) is 0 Å². The van der Waals surface area contributed by atoms with E-state index in [2.05, 4.69) is 13.8 Å². The van der Waals surface area contributed by atoms with Gasteiger partial charge in [0.2, 0.25) is 0 Å². The molecule has 2 N–H and O–H groups in total. The lowest BCUT2D eigenvalue weighted by Gasteiger charge is -2.21. The molecule has 70 valence electrons. The van der Waals surface area contributed by atoms with Gasteiger partial charge in [-0.3, -0.25) is 0 Å². The second-order valence-electron chi connectivity index (χ2n) is 2.59. The van der Waals surface area contributed by atoms with E-state index in [0.717, 1.165) is 12.8 Å². The molecule has 0 aromatic carbocycles. The standard InChI is InChI=1S/C8H19NO.ClH/c1-4-7(5-2)8(6-9)10-3;/h7-8H,4-6,9H2,1-3H3;1H. The first kappa shape index (κ1) is 13.8. The zero-order chi connectivity index (χ0) is 7.98. The summed E-state index contributed by atoms with van der Waals surface area (Å²) in [6, 6.07) is 0. The maximum absolute atomic E-state index is 5.51. The van der Waals surface area contributed by atoms with E-state index in [0.29, 0.717) is 12.5 Å². The highest BCUT2D eigenvalue weighted by atomic mass is 35.5. The van der Waals surface area contributed by atoms with Crippen molar-refractivity contribution in [2.45, 2.75) is 32.8 Å². The van der Waals surface area contributed by atoms with Gasteiger partial charge < -0.3 is 10.5 Å². The molecule has 0 heterocycles. The average Bonchev–Trinajstić information content (AvgIpc) is 2.00. The Morgan fingerprint density at radius 3 is 1.82 bits per heavy atom. The van der Waals surface area contributed by atoms with Gasteiger partial charge in [-0.1, -0.05) is 26.7 Å². The van der Waals surface area contributed by atoms with Crippen LogP contribution >= 0.6 is 12.4 Å². The van der Waals surface area contributed by atoms with Crippen LogP contribution in [-0.2, 0) is 4.74 Å². The third-order valence-electron chi connectivity index (χ3n) is 2.11. The summed E-state index contributed by atoms with van der Waals surface area (Å²) in [4.78, 5) is 0. The van der Waals surface area contributed by atoms with Crippen LogP contribution in [0.1, 0.15) is 26.7 Å². The van der Waals surface area contributed by atoms with Crippen molar-refractivity contribution < 1.29 is 4.74 Å². The molecule has 0 saturated carbocycles. The second kappa shape index (κ2) is 8.31. The summed E-state index contributed by atoms with van der Waals surface area (Å²) in [5.74, 6) is 0.634. The van der Waals surface area contributed by atoms with Crippen LogP contribution < -0.4 is 5.73 Å². The van der Waals surface area contributed by atoms with Gasteiger partial charge in [0.25, 0.3) is 0 Å². The van der Waals surface area contributed by atoms with E-state index in [-0.39, 0.29) is 18.5 Å². The van der Waals surface area contributed by atoms with Crippen LogP contribution in [0.2, 0.25) is 0 Å². The smallest absolute Gasteiger partial charge is 0.0721 e. The predicted molar refractivity (Wildman–Crippen MR) is 51.2 cm³/mol. The molecule has 1 unspecified atom stereocenters. The van der Waals surface area contributed by atoms with E-state index in [4.69, 9.17) is 10.5 Å². The van der Waals surface area contributed by atoms with Crippen molar-refractivity contribution in [1.82, 2.24) is 0 Å². The molecule has 0 aliphatic heterocycles. The summed E-state index contributed by atoms with van der Waals surface area (Å²) in [6.45, 7) is 4.99. The van der Waals surface area contributed by atoms with E-state index in [1.54, 1.807) is 7.11 Å². The van der Waals surface area contributed by atoms with Gasteiger partial charge in [0, 0.05) is 13.7 Å². The van der Waals surface area contributed by atoms with Gasteiger partial charge >= 0.3 is 0 Å². The Hall–Kier alpha value is 0.210. The largest absolute Gasteiger partial charge is 0.380 e. The fraction of sp³-hybridized carbons (Fsp3) is 1.00. The van der Waals surface area contributed by atoms with Crippen LogP contribution in [0.5, 0.6) is 0 Å². The van der Waals surface area contributed by atoms with E-state index in [1.165, 1.54) is 0 Å². The number of hydrogen-bond donors (Lipinski definition) is 1.